The van der Waals surface area contributed by atoms with E-state index in [0.717, 1.165) is 17.7 Å². The largest absolute Gasteiger partial charge is 0.481 e. The molecule has 0 fully saturated rings. The van der Waals surface area contributed by atoms with E-state index in [9.17, 15) is 9.59 Å². The van der Waals surface area contributed by atoms with Crippen molar-refractivity contribution in [3.05, 3.63) is 11.1 Å². The number of aromatic nitrogens is 1. The first-order valence-corrected chi connectivity index (χ1v) is 7.43. The quantitative estimate of drug-likeness (QED) is 0.722. The number of urea groups is 1. The predicted octanol–water partition coefficient (Wildman–Crippen LogP) is 2.85. The molecule has 0 spiro atoms. The number of carbonyl (C=O) groups excluding carboxylic acids is 1. The molecular weight excluding hydrogens is 278 g/mol. The first-order chi connectivity index (χ1) is 9.38. The maximum Gasteiger partial charge on any atom is 0.321 e. The van der Waals surface area contributed by atoms with Gasteiger partial charge in [-0.3, -0.25) is 10.1 Å². The molecule has 0 aliphatic carbocycles. The number of carboxylic acids is 1. The van der Waals surface area contributed by atoms with E-state index in [1.807, 2.05) is 13.8 Å². The number of hydrogen-bond acceptors (Lipinski definition) is 4. The van der Waals surface area contributed by atoms with Gasteiger partial charge in [0.1, 0.15) is 0 Å². The maximum atomic E-state index is 11.7. The SMILES string of the molecule is Cc1cnc(NC(=O)NC(C)CCCC(C)C(=O)O)s1. The Morgan fingerprint density at radius 2 is 2.10 bits per heavy atom. The van der Waals surface area contributed by atoms with Gasteiger partial charge >= 0.3 is 12.0 Å². The second-order valence-electron chi connectivity index (χ2n) is 4.95. The smallest absolute Gasteiger partial charge is 0.321 e. The summed E-state index contributed by atoms with van der Waals surface area (Å²) in [7, 11) is 0. The normalized spacial score (nSPS) is 13.6. The summed E-state index contributed by atoms with van der Waals surface area (Å²) in [6.45, 7) is 5.52. The Hall–Kier alpha value is -1.63. The van der Waals surface area contributed by atoms with E-state index in [-0.39, 0.29) is 18.0 Å². The number of carboxylic acid groups (broad SMARTS) is 1. The highest BCUT2D eigenvalue weighted by atomic mass is 32.1. The summed E-state index contributed by atoms with van der Waals surface area (Å²) >= 11 is 1.42. The molecule has 1 heterocycles. The van der Waals surface area contributed by atoms with Gasteiger partial charge in [0.05, 0.1) is 5.92 Å². The second kappa shape index (κ2) is 7.84. The monoisotopic (exact) mass is 299 g/mol. The summed E-state index contributed by atoms with van der Waals surface area (Å²) < 4.78 is 0. The number of rotatable bonds is 7. The van der Waals surface area contributed by atoms with Crippen molar-refractivity contribution in [2.75, 3.05) is 5.32 Å². The predicted molar refractivity (Wildman–Crippen MR) is 79.1 cm³/mol. The van der Waals surface area contributed by atoms with Crippen LogP contribution in [0.15, 0.2) is 6.20 Å². The van der Waals surface area contributed by atoms with E-state index in [4.69, 9.17) is 5.11 Å². The van der Waals surface area contributed by atoms with Gasteiger partial charge in [0.15, 0.2) is 5.13 Å². The average Bonchev–Trinajstić information content (AvgIpc) is 2.73. The summed E-state index contributed by atoms with van der Waals surface area (Å²) in [6.07, 6.45) is 3.85. The van der Waals surface area contributed by atoms with Gasteiger partial charge in [-0.05, 0) is 26.7 Å². The summed E-state index contributed by atoms with van der Waals surface area (Å²) in [5, 5.41) is 14.8. The minimum Gasteiger partial charge on any atom is -0.481 e. The first kappa shape index (κ1) is 16.4. The molecule has 1 aromatic heterocycles. The number of carbonyl (C=O) groups is 2. The molecular formula is C13H21N3O3S. The fourth-order valence-corrected chi connectivity index (χ4v) is 2.35. The van der Waals surface area contributed by atoms with Gasteiger partial charge in [-0.15, -0.1) is 11.3 Å². The van der Waals surface area contributed by atoms with Gasteiger partial charge in [-0.1, -0.05) is 13.3 Å². The third-order valence-electron chi connectivity index (χ3n) is 2.92. The van der Waals surface area contributed by atoms with Gasteiger partial charge < -0.3 is 10.4 Å². The van der Waals surface area contributed by atoms with E-state index in [0.29, 0.717) is 11.6 Å². The molecule has 0 radical (unpaired) electrons. The lowest BCUT2D eigenvalue weighted by Crippen LogP contribution is -2.36. The van der Waals surface area contributed by atoms with Crippen LogP contribution in [0.2, 0.25) is 0 Å². The molecule has 2 atom stereocenters. The van der Waals surface area contributed by atoms with Crippen LogP contribution in [0.25, 0.3) is 0 Å². The zero-order valence-corrected chi connectivity index (χ0v) is 12.8. The minimum atomic E-state index is -0.775. The highest BCUT2D eigenvalue weighted by molar-refractivity contribution is 7.15. The third kappa shape index (κ3) is 6.01. The lowest BCUT2D eigenvalue weighted by atomic mass is 10.0. The van der Waals surface area contributed by atoms with Crippen molar-refractivity contribution in [1.29, 1.82) is 0 Å². The summed E-state index contributed by atoms with van der Waals surface area (Å²) in [6, 6.07) is -0.282. The van der Waals surface area contributed by atoms with E-state index < -0.39 is 5.97 Å². The van der Waals surface area contributed by atoms with Gasteiger partial charge in [0, 0.05) is 17.1 Å². The Morgan fingerprint density at radius 3 is 2.65 bits per heavy atom. The zero-order valence-electron chi connectivity index (χ0n) is 12.0. The average molecular weight is 299 g/mol. The number of hydrogen-bond donors (Lipinski definition) is 3. The Bertz CT molecular complexity index is 461. The third-order valence-corrected chi connectivity index (χ3v) is 3.74. The number of thiazole rings is 1. The Kier molecular flexibility index (Phi) is 6.44. The molecule has 0 bridgehead atoms. The molecule has 1 rings (SSSR count). The molecule has 0 aliphatic rings. The molecule has 1 aromatic rings. The first-order valence-electron chi connectivity index (χ1n) is 6.61. The van der Waals surface area contributed by atoms with Crippen LogP contribution in [0.3, 0.4) is 0 Å². The van der Waals surface area contributed by atoms with Crippen LogP contribution < -0.4 is 10.6 Å². The molecule has 2 unspecified atom stereocenters. The Labute approximate surface area is 122 Å². The number of nitrogens with one attached hydrogen (secondary N) is 2. The van der Waals surface area contributed by atoms with Crippen LogP contribution in [0.4, 0.5) is 9.93 Å². The number of aryl methyl sites for hydroxylation is 1. The second-order valence-corrected chi connectivity index (χ2v) is 6.18. The molecule has 3 N–H and O–H groups in total. The number of anilines is 1. The molecule has 0 saturated heterocycles. The molecule has 2 amide bonds. The number of aliphatic carboxylic acids is 1. The van der Waals surface area contributed by atoms with Crippen molar-refractivity contribution >= 4 is 28.5 Å². The van der Waals surface area contributed by atoms with Crippen molar-refractivity contribution in [2.45, 2.75) is 46.1 Å². The molecule has 6 nitrogen and oxygen atoms in total. The van der Waals surface area contributed by atoms with Crippen molar-refractivity contribution in [3.8, 4) is 0 Å². The van der Waals surface area contributed by atoms with E-state index in [1.54, 1.807) is 13.1 Å². The molecule has 7 heteroatoms. The summed E-state index contributed by atoms with van der Waals surface area (Å²) in [5.74, 6) is -1.11. The minimum absolute atomic E-state index is 0.00273. The Morgan fingerprint density at radius 1 is 1.40 bits per heavy atom. The Balaban J connectivity index is 2.23. The van der Waals surface area contributed by atoms with Crippen LogP contribution >= 0.6 is 11.3 Å². The molecule has 20 heavy (non-hydrogen) atoms. The van der Waals surface area contributed by atoms with Crippen LogP contribution in [-0.2, 0) is 4.79 Å². The highest BCUT2D eigenvalue weighted by Crippen LogP contribution is 2.16. The van der Waals surface area contributed by atoms with E-state index >= 15 is 0 Å². The molecule has 0 saturated carbocycles. The van der Waals surface area contributed by atoms with Crippen molar-refractivity contribution < 1.29 is 14.7 Å². The van der Waals surface area contributed by atoms with Crippen molar-refractivity contribution in [3.63, 3.8) is 0 Å². The van der Waals surface area contributed by atoms with Crippen LogP contribution in [0, 0.1) is 12.8 Å². The molecule has 0 aliphatic heterocycles. The lowest BCUT2D eigenvalue weighted by molar-refractivity contribution is -0.141. The topological polar surface area (TPSA) is 91.3 Å². The molecule has 0 aromatic carbocycles. The number of amides is 2. The summed E-state index contributed by atoms with van der Waals surface area (Å²) in [5.41, 5.74) is 0. The fraction of sp³-hybridized carbons (Fsp3) is 0.615. The van der Waals surface area contributed by atoms with Gasteiger partial charge in [0.2, 0.25) is 0 Å². The number of nitrogens with zero attached hydrogens (tertiary/aromatic N) is 1. The molecule has 112 valence electrons. The van der Waals surface area contributed by atoms with Gasteiger partial charge in [0.25, 0.3) is 0 Å². The van der Waals surface area contributed by atoms with Crippen LogP contribution in [0.1, 0.15) is 38.0 Å². The summed E-state index contributed by atoms with van der Waals surface area (Å²) in [4.78, 5) is 27.4. The zero-order chi connectivity index (χ0) is 15.1. The maximum absolute atomic E-state index is 11.7. The van der Waals surface area contributed by atoms with E-state index in [2.05, 4.69) is 15.6 Å². The van der Waals surface area contributed by atoms with Crippen molar-refractivity contribution in [2.24, 2.45) is 5.92 Å². The fourth-order valence-electron chi connectivity index (χ4n) is 1.70. The van der Waals surface area contributed by atoms with Gasteiger partial charge in [-0.25, -0.2) is 9.78 Å². The van der Waals surface area contributed by atoms with Crippen LogP contribution in [-0.4, -0.2) is 28.1 Å². The van der Waals surface area contributed by atoms with Gasteiger partial charge in [-0.2, -0.15) is 0 Å². The lowest BCUT2D eigenvalue weighted by Gasteiger charge is -2.14. The van der Waals surface area contributed by atoms with Crippen LogP contribution in [0.5, 0.6) is 0 Å². The standard InChI is InChI=1S/C13H21N3O3S/c1-8(11(17)18)5-4-6-9(2)15-12(19)16-13-14-7-10(3)20-13/h7-9H,4-6H2,1-3H3,(H,17,18)(H2,14,15,16,19). The van der Waals surface area contributed by atoms with Crippen molar-refractivity contribution in [1.82, 2.24) is 10.3 Å². The van der Waals surface area contributed by atoms with E-state index in [1.165, 1.54) is 11.3 Å². The highest BCUT2D eigenvalue weighted by Gasteiger charge is 2.12.